The summed E-state index contributed by atoms with van der Waals surface area (Å²) in [7, 11) is 3.10. The predicted octanol–water partition coefficient (Wildman–Crippen LogP) is 2.92. The number of benzene rings is 1. The van der Waals surface area contributed by atoms with Gasteiger partial charge < -0.3 is 20.1 Å². The van der Waals surface area contributed by atoms with Crippen molar-refractivity contribution >= 4 is 28.6 Å². The van der Waals surface area contributed by atoms with E-state index in [1.165, 1.54) is 7.11 Å². The van der Waals surface area contributed by atoms with Crippen molar-refractivity contribution < 1.29 is 27.4 Å². The number of alkyl halides is 3. The normalized spacial score (nSPS) is 20.4. The summed E-state index contributed by atoms with van der Waals surface area (Å²) in [6.45, 7) is 2.08. The first-order valence-electron chi connectivity index (χ1n) is 11.6. The Morgan fingerprint density at radius 1 is 1.31 bits per heavy atom. The van der Waals surface area contributed by atoms with Crippen molar-refractivity contribution in [3.63, 3.8) is 0 Å². The number of anilines is 2. The molecule has 2 N–H and O–H groups in total. The molecule has 0 amide bonds. The highest BCUT2D eigenvalue weighted by Crippen LogP contribution is 2.38. The summed E-state index contributed by atoms with van der Waals surface area (Å²) >= 11 is 0. The second-order valence-electron chi connectivity index (χ2n) is 8.95. The van der Waals surface area contributed by atoms with Gasteiger partial charge >= 0.3 is 12.1 Å². The zero-order valence-corrected chi connectivity index (χ0v) is 19.8. The predicted molar refractivity (Wildman–Crippen MR) is 124 cm³/mol. The highest BCUT2D eigenvalue weighted by Gasteiger charge is 2.44. The van der Waals surface area contributed by atoms with Gasteiger partial charge in [-0.05, 0) is 50.6 Å². The standard InChI is InChI=1S/C23H26F3N7O3/c1-32-7-5-13-8-18(35-2)17(9-16(13)20(32)36-21(34)23(24,25)26)30-22-28-10-14-11-29-33(19(14)31-22)12-15-4-3-6-27-15/h8-11,15,20,27H,3-7,12H2,1-2H3,(H,28,30,31)/t15-,20?/m0/s1. The summed E-state index contributed by atoms with van der Waals surface area (Å²) in [4.78, 5) is 22.1. The Hall–Kier alpha value is -3.45. The number of hydrogen-bond donors (Lipinski definition) is 2. The van der Waals surface area contributed by atoms with Gasteiger partial charge in [-0.15, -0.1) is 0 Å². The van der Waals surface area contributed by atoms with Crippen LogP contribution in [0.15, 0.2) is 24.5 Å². The Balaban J connectivity index is 1.45. The fraction of sp³-hybridized carbons (Fsp3) is 0.478. The van der Waals surface area contributed by atoms with E-state index in [-0.39, 0.29) is 5.95 Å². The number of fused-ring (bicyclic) bond motifs is 2. The van der Waals surface area contributed by atoms with Crippen LogP contribution in [0.25, 0.3) is 11.0 Å². The van der Waals surface area contributed by atoms with Gasteiger partial charge in [0.05, 0.1) is 30.9 Å². The zero-order valence-electron chi connectivity index (χ0n) is 19.8. The number of carbonyl (C=O) groups excluding carboxylic acids is 1. The van der Waals surface area contributed by atoms with E-state index in [4.69, 9.17) is 9.47 Å². The van der Waals surface area contributed by atoms with Crippen molar-refractivity contribution in [2.24, 2.45) is 0 Å². The van der Waals surface area contributed by atoms with Crippen molar-refractivity contribution in [3.8, 4) is 5.75 Å². The van der Waals surface area contributed by atoms with Crippen molar-refractivity contribution in [2.45, 2.75) is 44.3 Å². The lowest BCUT2D eigenvalue weighted by Crippen LogP contribution is -2.38. The van der Waals surface area contributed by atoms with Crippen LogP contribution in [0, 0.1) is 0 Å². The van der Waals surface area contributed by atoms with Gasteiger partial charge in [0, 0.05) is 24.3 Å². The molecule has 2 aromatic heterocycles. The van der Waals surface area contributed by atoms with Crippen molar-refractivity contribution in [2.75, 3.05) is 32.6 Å². The lowest BCUT2D eigenvalue weighted by Gasteiger charge is -2.34. The maximum Gasteiger partial charge on any atom is 0.490 e. The molecule has 2 aliphatic rings. The molecule has 1 fully saturated rings. The maximum atomic E-state index is 12.9. The smallest absolute Gasteiger partial charge is 0.490 e. The molecule has 2 atom stereocenters. The van der Waals surface area contributed by atoms with Crippen LogP contribution in [0.1, 0.15) is 30.2 Å². The summed E-state index contributed by atoms with van der Waals surface area (Å²) < 4.78 is 50.9. The van der Waals surface area contributed by atoms with Crippen LogP contribution in [-0.4, -0.2) is 70.1 Å². The minimum absolute atomic E-state index is 0.273. The van der Waals surface area contributed by atoms with Crippen molar-refractivity contribution in [1.29, 1.82) is 0 Å². The molecular formula is C23H26F3N7O3. The van der Waals surface area contributed by atoms with Gasteiger partial charge in [-0.1, -0.05) is 0 Å². The van der Waals surface area contributed by atoms with Gasteiger partial charge in [0.15, 0.2) is 11.9 Å². The van der Waals surface area contributed by atoms with E-state index >= 15 is 0 Å². The largest absolute Gasteiger partial charge is 0.495 e. The monoisotopic (exact) mass is 505 g/mol. The third kappa shape index (κ3) is 4.80. The second-order valence-corrected chi connectivity index (χ2v) is 8.95. The number of ether oxygens (including phenoxy) is 2. The minimum atomic E-state index is -5.09. The highest BCUT2D eigenvalue weighted by molar-refractivity contribution is 5.77. The van der Waals surface area contributed by atoms with Crippen LogP contribution in [0.2, 0.25) is 0 Å². The summed E-state index contributed by atoms with van der Waals surface area (Å²) in [5.74, 6) is -1.50. The van der Waals surface area contributed by atoms with Gasteiger partial charge in [-0.3, -0.25) is 4.90 Å². The Kier molecular flexibility index (Phi) is 6.43. The number of esters is 1. The molecule has 5 rings (SSSR count). The quantitative estimate of drug-likeness (QED) is 0.489. The van der Waals surface area contributed by atoms with E-state index in [0.29, 0.717) is 48.2 Å². The molecule has 3 aromatic rings. The molecule has 4 heterocycles. The van der Waals surface area contributed by atoms with E-state index < -0.39 is 18.4 Å². The number of halogens is 3. The molecule has 1 saturated heterocycles. The summed E-state index contributed by atoms with van der Waals surface area (Å²) in [6, 6.07) is 3.67. The number of methoxy groups -OCH3 is 1. The van der Waals surface area contributed by atoms with Gasteiger partial charge in [0.1, 0.15) is 5.75 Å². The van der Waals surface area contributed by atoms with E-state index in [2.05, 4.69) is 25.7 Å². The molecule has 2 aliphatic heterocycles. The average molecular weight is 506 g/mol. The van der Waals surface area contributed by atoms with E-state index in [9.17, 15) is 18.0 Å². The lowest BCUT2D eigenvalue weighted by atomic mass is 9.97. The molecule has 1 unspecified atom stereocenters. The Labute approximate surface area is 204 Å². The molecule has 13 heteroatoms. The first-order chi connectivity index (χ1) is 17.2. The molecule has 0 spiro atoms. The molecule has 1 aromatic carbocycles. The SMILES string of the molecule is COc1cc2c(cc1Nc1ncc3cnn(C[C@@H]4CCCN4)c3n1)C(OC(=O)C(F)(F)F)N(C)CC2. The topological polar surface area (TPSA) is 106 Å². The lowest BCUT2D eigenvalue weighted by molar-refractivity contribution is -0.213. The number of hydrogen-bond acceptors (Lipinski definition) is 9. The number of nitrogens with zero attached hydrogens (tertiary/aromatic N) is 5. The first kappa shape index (κ1) is 24.3. The Morgan fingerprint density at radius 3 is 2.86 bits per heavy atom. The highest BCUT2D eigenvalue weighted by atomic mass is 19.4. The summed E-state index contributed by atoms with van der Waals surface area (Å²) in [5, 5.41) is 11.8. The first-order valence-corrected chi connectivity index (χ1v) is 11.6. The molecule has 192 valence electrons. The average Bonchev–Trinajstić information content (AvgIpc) is 3.50. The van der Waals surface area contributed by atoms with Crippen LogP contribution < -0.4 is 15.4 Å². The molecule has 0 saturated carbocycles. The fourth-order valence-corrected chi connectivity index (χ4v) is 4.63. The Morgan fingerprint density at radius 2 is 2.14 bits per heavy atom. The number of likely N-dealkylation sites (N-methyl/N-ethyl adjacent to an activating group) is 1. The Bertz CT molecular complexity index is 1270. The molecule has 0 bridgehead atoms. The second kappa shape index (κ2) is 9.54. The molecular weight excluding hydrogens is 479 g/mol. The third-order valence-corrected chi connectivity index (χ3v) is 6.49. The van der Waals surface area contributed by atoms with Crippen molar-refractivity contribution in [3.05, 3.63) is 35.7 Å². The van der Waals surface area contributed by atoms with E-state index in [0.717, 1.165) is 30.3 Å². The number of nitrogens with one attached hydrogen (secondary N) is 2. The van der Waals surface area contributed by atoms with Gasteiger partial charge in [0.2, 0.25) is 5.95 Å². The van der Waals surface area contributed by atoms with Crippen LogP contribution >= 0.6 is 0 Å². The van der Waals surface area contributed by atoms with Crippen LogP contribution in [0.4, 0.5) is 24.8 Å². The molecule has 0 aliphatic carbocycles. The van der Waals surface area contributed by atoms with E-state index in [1.807, 2.05) is 4.68 Å². The fourth-order valence-electron chi connectivity index (χ4n) is 4.63. The number of aromatic nitrogens is 4. The summed E-state index contributed by atoms with van der Waals surface area (Å²) in [6.07, 6.45) is -0.174. The van der Waals surface area contributed by atoms with Gasteiger partial charge in [-0.25, -0.2) is 14.5 Å². The molecule has 36 heavy (non-hydrogen) atoms. The third-order valence-electron chi connectivity index (χ3n) is 6.49. The number of rotatable bonds is 6. The number of carbonyl (C=O) groups is 1. The zero-order chi connectivity index (χ0) is 25.4. The van der Waals surface area contributed by atoms with Gasteiger partial charge in [-0.2, -0.15) is 23.3 Å². The molecule has 0 radical (unpaired) electrons. The van der Waals surface area contributed by atoms with Crippen LogP contribution in [0.5, 0.6) is 5.75 Å². The molecule has 10 nitrogen and oxygen atoms in total. The van der Waals surface area contributed by atoms with Crippen molar-refractivity contribution in [1.82, 2.24) is 30.0 Å². The van der Waals surface area contributed by atoms with Gasteiger partial charge in [0.25, 0.3) is 0 Å². The van der Waals surface area contributed by atoms with E-state index in [1.54, 1.807) is 36.5 Å². The van der Waals surface area contributed by atoms with Crippen LogP contribution in [0.3, 0.4) is 0 Å². The maximum absolute atomic E-state index is 12.9. The summed E-state index contributed by atoms with van der Waals surface area (Å²) in [5.41, 5.74) is 2.26. The van der Waals surface area contributed by atoms with Crippen LogP contribution in [-0.2, 0) is 22.5 Å². The minimum Gasteiger partial charge on any atom is -0.495 e.